The number of H-pyrrole nitrogens is 4. The number of fused-ring (bicyclic) bond motifs is 8. The van der Waals surface area contributed by atoms with Gasteiger partial charge in [0.1, 0.15) is 12.6 Å². The predicted molar refractivity (Wildman–Crippen MR) is 162 cm³/mol. The lowest BCUT2D eigenvalue weighted by atomic mass is 9.83. The van der Waals surface area contributed by atoms with Gasteiger partial charge in [-0.15, -0.1) is 0 Å². The number of rotatable bonds is 4. The second kappa shape index (κ2) is 9.26. The maximum absolute atomic E-state index is 11.3. The summed E-state index contributed by atoms with van der Waals surface area (Å²) in [6.45, 7) is 17.6. The summed E-state index contributed by atoms with van der Waals surface area (Å²) in [5, 5.41) is 0. The van der Waals surface area contributed by atoms with Crippen LogP contribution < -0.4 is 0 Å². The predicted octanol–water partition coefficient (Wildman–Crippen LogP) is 7.04. The van der Waals surface area contributed by atoms with E-state index >= 15 is 0 Å². The van der Waals surface area contributed by atoms with E-state index in [1.807, 2.05) is 12.2 Å². The second-order valence-electron chi connectivity index (χ2n) is 13.1. The summed E-state index contributed by atoms with van der Waals surface area (Å²) in [5.74, 6) is 0. The van der Waals surface area contributed by atoms with Crippen molar-refractivity contribution in [1.29, 1.82) is 0 Å². The molecule has 40 heavy (non-hydrogen) atoms. The fourth-order valence-electron chi connectivity index (χ4n) is 6.01. The molecule has 4 aromatic heterocycles. The first-order valence-corrected chi connectivity index (χ1v) is 13.9. The van der Waals surface area contributed by atoms with E-state index < -0.39 is 16.2 Å². The summed E-state index contributed by atoms with van der Waals surface area (Å²) < 4.78 is 0. The number of hydrogen-bond acceptors (Lipinski definition) is 2. The van der Waals surface area contributed by atoms with Crippen LogP contribution in [0.2, 0.25) is 0 Å². The number of carbonyl (C=O) groups excluding carboxylic acids is 2. The maximum Gasteiger partial charge on any atom is 0.142 e. The van der Waals surface area contributed by atoms with Gasteiger partial charge in [-0.05, 0) is 127 Å². The topological polar surface area (TPSA) is 97.3 Å². The Hall–Kier alpha value is -4.06. The van der Waals surface area contributed by atoms with Crippen LogP contribution in [0.25, 0.3) is 12.2 Å². The molecule has 208 valence electrons. The lowest BCUT2D eigenvalue weighted by Gasteiger charge is -2.28. The van der Waals surface area contributed by atoms with Crippen molar-refractivity contribution in [2.45, 2.75) is 77.0 Å². The van der Waals surface area contributed by atoms with Crippen LogP contribution in [-0.4, -0.2) is 32.5 Å². The Bertz CT molecular complexity index is 1520. The number of aldehydes is 2. The molecule has 0 aromatic carbocycles. The van der Waals surface area contributed by atoms with E-state index in [0.29, 0.717) is 0 Å². The molecule has 4 N–H and O–H groups in total. The minimum absolute atomic E-state index is 0.302. The zero-order valence-electron chi connectivity index (χ0n) is 24.7. The van der Waals surface area contributed by atoms with Gasteiger partial charge >= 0.3 is 0 Å². The Morgan fingerprint density at radius 3 is 1.15 bits per heavy atom. The molecule has 1 aliphatic heterocycles. The quantitative estimate of drug-likeness (QED) is 0.166. The molecule has 0 atom stereocenters. The van der Waals surface area contributed by atoms with E-state index in [1.54, 1.807) is 12.2 Å². The van der Waals surface area contributed by atoms with Gasteiger partial charge in [0.05, 0.1) is 0 Å². The number of carbonyl (C=O) groups is 2. The molecule has 0 saturated heterocycles. The van der Waals surface area contributed by atoms with E-state index in [4.69, 9.17) is 0 Å². The van der Waals surface area contributed by atoms with Crippen LogP contribution in [0, 0.1) is 0 Å². The van der Waals surface area contributed by atoms with Crippen molar-refractivity contribution in [2.75, 3.05) is 0 Å². The number of nitrogens with one attached hydrogen (secondary N) is 4. The van der Waals surface area contributed by atoms with Crippen molar-refractivity contribution < 1.29 is 9.59 Å². The van der Waals surface area contributed by atoms with Crippen LogP contribution >= 0.6 is 0 Å². The molecule has 0 amide bonds. The first kappa shape index (κ1) is 27.5. The fourth-order valence-corrected chi connectivity index (χ4v) is 6.01. The van der Waals surface area contributed by atoms with Gasteiger partial charge < -0.3 is 19.9 Å². The fraction of sp³-hybridized carbons (Fsp3) is 0.353. The molecule has 0 saturated carbocycles. The molecule has 4 aromatic rings. The van der Waals surface area contributed by atoms with E-state index in [-0.39, 0.29) is 5.41 Å². The summed E-state index contributed by atoms with van der Waals surface area (Å²) >= 11 is 0. The highest BCUT2D eigenvalue weighted by atomic mass is 16.1. The van der Waals surface area contributed by atoms with Crippen molar-refractivity contribution in [3.8, 4) is 0 Å². The Balaban J connectivity index is 1.84. The van der Waals surface area contributed by atoms with Crippen LogP contribution in [0.3, 0.4) is 0 Å². The molecule has 1 aliphatic rings. The third-order valence-corrected chi connectivity index (χ3v) is 9.07. The van der Waals surface area contributed by atoms with Crippen molar-refractivity contribution in [3.05, 3.63) is 105 Å². The number of aromatic nitrogens is 4. The van der Waals surface area contributed by atoms with Crippen LogP contribution in [-0.2, 0) is 31.2 Å². The molecule has 5 heterocycles. The van der Waals surface area contributed by atoms with Crippen molar-refractivity contribution >= 4 is 24.7 Å². The van der Waals surface area contributed by atoms with Crippen LogP contribution in [0.15, 0.2) is 48.6 Å². The lowest BCUT2D eigenvalue weighted by Crippen LogP contribution is -2.26. The monoisotopic (exact) mass is 536 g/mol. The van der Waals surface area contributed by atoms with Gasteiger partial charge in [0.15, 0.2) is 0 Å². The molecule has 6 heteroatoms. The molecular formula is C34H40N4O2. The molecule has 0 aliphatic carbocycles. The number of aromatic amines is 4. The molecule has 5 rings (SSSR count). The highest BCUT2D eigenvalue weighted by molar-refractivity contribution is 5.76. The normalized spacial score (nSPS) is 18.8. The van der Waals surface area contributed by atoms with E-state index in [0.717, 1.165) is 69.3 Å². The van der Waals surface area contributed by atoms with E-state index in [9.17, 15) is 9.59 Å². The van der Waals surface area contributed by atoms with Gasteiger partial charge in [-0.2, -0.15) is 0 Å². The van der Waals surface area contributed by atoms with Gasteiger partial charge in [-0.1, -0.05) is 0 Å². The third-order valence-electron chi connectivity index (χ3n) is 9.07. The SMILES string of the molecule is CC1(C)c2ccc([nH]2)C(C)(C)c2[nH]c(cc2/C=C/C=O)C(C)(C)c2cc(/C=C/C=O)c([nH]2)C(C)(C)c2ccc1[nH]2. The van der Waals surface area contributed by atoms with E-state index in [1.165, 1.54) is 0 Å². The van der Waals surface area contributed by atoms with Gasteiger partial charge in [-0.25, -0.2) is 0 Å². The van der Waals surface area contributed by atoms with Crippen molar-refractivity contribution in [3.63, 3.8) is 0 Å². The van der Waals surface area contributed by atoms with Gasteiger partial charge in [0.2, 0.25) is 0 Å². The van der Waals surface area contributed by atoms with Crippen LogP contribution in [0.4, 0.5) is 0 Å². The average molecular weight is 537 g/mol. The van der Waals surface area contributed by atoms with Gasteiger partial charge in [0, 0.05) is 67.2 Å². The molecule has 8 bridgehead atoms. The Morgan fingerprint density at radius 2 is 0.800 bits per heavy atom. The zero-order chi connectivity index (χ0) is 29.1. The molecular weight excluding hydrogens is 496 g/mol. The third kappa shape index (κ3) is 4.17. The summed E-state index contributed by atoms with van der Waals surface area (Å²) in [6, 6.07) is 13.0. The molecule has 6 nitrogen and oxygen atoms in total. The molecule has 0 unspecified atom stereocenters. The van der Waals surface area contributed by atoms with Gasteiger partial charge in [0.25, 0.3) is 0 Å². The van der Waals surface area contributed by atoms with Gasteiger partial charge in [-0.3, -0.25) is 9.59 Å². The number of hydrogen-bond donors (Lipinski definition) is 4. The van der Waals surface area contributed by atoms with Crippen LogP contribution in [0.5, 0.6) is 0 Å². The Morgan fingerprint density at radius 1 is 0.475 bits per heavy atom. The molecule has 0 spiro atoms. The smallest absolute Gasteiger partial charge is 0.142 e. The highest BCUT2D eigenvalue weighted by Gasteiger charge is 2.38. The first-order chi connectivity index (χ1) is 18.7. The minimum Gasteiger partial charge on any atom is -0.361 e. The second-order valence-corrected chi connectivity index (χ2v) is 13.1. The molecule has 0 radical (unpaired) electrons. The minimum atomic E-state index is -0.433. The van der Waals surface area contributed by atoms with Crippen LogP contribution in [0.1, 0.15) is 112 Å². The Labute approximate surface area is 236 Å². The standard InChI is InChI=1S/C34H40N4O2/c1-31(2)23-13-15-25(35-23)33(5,6)29-21(11-9-17-39)19-27(37-29)32(3,4)28-20-22(12-10-18-40)30(38-28)34(7,8)26-16-14-24(31)36-26/h9-20,35-38H,1-8H3/b11-9+,12-10+. The summed E-state index contributed by atoms with van der Waals surface area (Å²) in [5.41, 5.74) is 8.93. The first-order valence-electron chi connectivity index (χ1n) is 13.9. The lowest BCUT2D eigenvalue weighted by molar-refractivity contribution is -0.104. The average Bonchev–Trinajstić information content (AvgIpc) is 3.70. The largest absolute Gasteiger partial charge is 0.361 e. The van der Waals surface area contributed by atoms with Crippen molar-refractivity contribution in [2.24, 2.45) is 0 Å². The summed E-state index contributed by atoms with van der Waals surface area (Å²) in [4.78, 5) is 37.7. The Kier molecular flexibility index (Phi) is 6.36. The molecule has 0 fully saturated rings. The summed E-state index contributed by atoms with van der Waals surface area (Å²) in [6.07, 6.45) is 8.48. The maximum atomic E-state index is 11.3. The zero-order valence-corrected chi connectivity index (χ0v) is 24.7. The summed E-state index contributed by atoms with van der Waals surface area (Å²) in [7, 11) is 0. The number of allylic oxidation sites excluding steroid dienone is 2. The van der Waals surface area contributed by atoms with E-state index in [2.05, 4.69) is 112 Å². The van der Waals surface area contributed by atoms with Crippen molar-refractivity contribution in [1.82, 2.24) is 19.9 Å². The highest BCUT2D eigenvalue weighted by Crippen LogP contribution is 2.43.